The molecule has 1 heterocycles. The Kier molecular flexibility index (Phi) is 4.35. The van der Waals surface area contributed by atoms with Gasteiger partial charge in [-0.2, -0.15) is 0 Å². The summed E-state index contributed by atoms with van der Waals surface area (Å²) in [5.41, 5.74) is 0.354. The first-order valence-electron chi connectivity index (χ1n) is 5.90. The molecule has 1 aromatic carbocycles. The Morgan fingerprint density at radius 2 is 1.63 bits per heavy atom. The average molecular weight is 271 g/mol. The van der Waals surface area contributed by atoms with Crippen molar-refractivity contribution in [3.8, 4) is 0 Å². The lowest BCUT2D eigenvalue weighted by atomic mass is 9.98. The molecule has 0 bridgehead atoms. The Balaban J connectivity index is 2.19. The fourth-order valence-electron chi connectivity index (χ4n) is 2.01. The summed E-state index contributed by atoms with van der Waals surface area (Å²) >= 11 is 0. The van der Waals surface area contributed by atoms with Crippen LogP contribution in [0, 0.1) is 0 Å². The Morgan fingerprint density at radius 3 is 2.21 bits per heavy atom. The molecule has 0 radical (unpaired) electrons. The van der Waals surface area contributed by atoms with E-state index in [1.54, 1.807) is 30.3 Å². The minimum atomic E-state index is -1.52. The summed E-state index contributed by atoms with van der Waals surface area (Å²) in [7, 11) is 0. The largest absolute Gasteiger partial charge is 0.394 e. The summed E-state index contributed by atoms with van der Waals surface area (Å²) in [4.78, 5) is 0. The first-order valence-corrected chi connectivity index (χ1v) is 5.90. The molecule has 0 aromatic heterocycles. The van der Waals surface area contributed by atoms with Crippen molar-refractivity contribution in [2.24, 2.45) is 0 Å². The van der Waals surface area contributed by atoms with Gasteiger partial charge in [0, 0.05) is 0 Å². The van der Waals surface area contributed by atoms with Gasteiger partial charge in [-0.25, -0.2) is 5.06 Å². The highest BCUT2D eigenvalue weighted by atomic mass is 16.6. The summed E-state index contributed by atoms with van der Waals surface area (Å²) in [6.45, 7) is -0.538. The maximum Gasteiger partial charge on any atom is 0.182 e. The SMILES string of the molecule is OC[C@H]1OC(N(O)c2ccccc2)[C@H](O)[C@@H](O)[C@@H]1O. The number of nitrogens with zero attached hydrogens (tertiary/aromatic N) is 1. The second-order valence-corrected chi connectivity index (χ2v) is 4.40. The Morgan fingerprint density at radius 1 is 1.00 bits per heavy atom. The van der Waals surface area contributed by atoms with E-state index in [0.717, 1.165) is 0 Å². The lowest BCUT2D eigenvalue weighted by Crippen LogP contribution is -2.62. The number of benzene rings is 1. The number of hydrogen-bond donors (Lipinski definition) is 5. The van der Waals surface area contributed by atoms with Crippen molar-refractivity contribution in [3.63, 3.8) is 0 Å². The molecule has 0 amide bonds. The number of para-hydroxylation sites is 1. The zero-order valence-electron chi connectivity index (χ0n) is 10.1. The van der Waals surface area contributed by atoms with E-state index >= 15 is 0 Å². The summed E-state index contributed by atoms with van der Waals surface area (Å²) in [5.74, 6) is 0. The molecule has 2 rings (SSSR count). The second-order valence-electron chi connectivity index (χ2n) is 4.40. The Labute approximate surface area is 109 Å². The molecule has 19 heavy (non-hydrogen) atoms. The zero-order chi connectivity index (χ0) is 14.0. The molecule has 1 aromatic rings. The van der Waals surface area contributed by atoms with Gasteiger partial charge in [-0.15, -0.1) is 0 Å². The molecule has 0 spiro atoms. The van der Waals surface area contributed by atoms with E-state index in [9.17, 15) is 20.5 Å². The van der Waals surface area contributed by atoms with Crippen LogP contribution in [-0.2, 0) is 4.74 Å². The minimum absolute atomic E-state index is 0.354. The van der Waals surface area contributed by atoms with Crippen molar-refractivity contribution in [1.29, 1.82) is 0 Å². The van der Waals surface area contributed by atoms with E-state index in [0.29, 0.717) is 10.8 Å². The van der Waals surface area contributed by atoms with Gasteiger partial charge in [-0.1, -0.05) is 18.2 Å². The molecule has 5 atom stereocenters. The van der Waals surface area contributed by atoms with Crippen molar-refractivity contribution >= 4 is 5.69 Å². The highest BCUT2D eigenvalue weighted by molar-refractivity contribution is 5.43. The third-order valence-corrected chi connectivity index (χ3v) is 3.13. The van der Waals surface area contributed by atoms with Crippen LogP contribution in [0.4, 0.5) is 5.69 Å². The van der Waals surface area contributed by atoms with Gasteiger partial charge in [0.15, 0.2) is 6.23 Å². The summed E-state index contributed by atoms with van der Waals surface area (Å²) in [6, 6.07) is 8.29. The first-order chi connectivity index (χ1) is 9.06. The van der Waals surface area contributed by atoms with Crippen molar-refractivity contribution < 1.29 is 30.4 Å². The van der Waals surface area contributed by atoms with Gasteiger partial charge in [0.25, 0.3) is 0 Å². The molecular weight excluding hydrogens is 254 g/mol. The van der Waals surface area contributed by atoms with E-state index < -0.39 is 37.3 Å². The molecule has 1 saturated heterocycles. The van der Waals surface area contributed by atoms with Gasteiger partial charge >= 0.3 is 0 Å². The van der Waals surface area contributed by atoms with Gasteiger partial charge in [-0.3, -0.25) is 5.21 Å². The molecule has 0 aliphatic carbocycles. The normalized spacial score (nSPS) is 35.1. The smallest absolute Gasteiger partial charge is 0.182 e. The fourth-order valence-corrected chi connectivity index (χ4v) is 2.01. The van der Waals surface area contributed by atoms with Gasteiger partial charge < -0.3 is 25.2 Å². The van der Waals surface area contributed by atoms with Gasteiger partial charge in [0.1, 0.15) is 24.4 Å². The predicted molar refractivity (Wildman–Crippen MR) is 64.5 cm³/mol. The number of hydroxylamine groups is 1. The quantitative estimate of drug-likeness (QED) is 0.433. The molecule has 0 saturated carbocycles. The molecule has 1 aliphatic heterocycles. The van der Waals surface area contributed by atoms with Crippen LogP contribution in [0.25, 0.3) is 0 Å². The number of anilines is 1. The lowest BCUT2D eigenvalue weighted by Gasteiger charge is -2.42. The van der Waals surface area contributed by atoms with Gasteiger partial charge in [0.2, 0.25) is 0 Å². The summed E-state index contributed by atoms with van der Waals surface area (Å²) in [6.07, 6.45) is -6.81. The van der Waals surface area contributed by atoms with Crippen molar-refractivity contribution in [1.82, 2.24) is 0 Å². The number of ether oxygens (including phenoxy) is 1. The summed E-state index contributed by atoms with van der Waals surface area (Å²) in [5, 5.41) is 48.8. The van der Waals surface area contributed by atoms with Crippen molar-refractivity contribution in [3.05, 3.63) is 30.3 Å². The average Bonchev–Trinajstić information content (AvgIpc) is 2.45. The molecule has 1 fully saturated rings. The molecular formula is C12H17NO6. The van der Waals surface area contributed by atoms with Crippen LogP contribution in [0.5, 0.6) is 0 Å². The molecule has 5 N–H and O–H groups in total. The Bertz CT molecular complexity index is 400. The maximum absolute atomic E-state index is 10.0. The predicted octanol–water partition coefficient (Wildman–Crippen LogP) is -1.32. The monoisotopic (exact) mass is 271 g/mol. The standard InChI is InChI=1S/C12H17NO6/c14-6-8-9(15)10(16)11(17)12(19-8)13(18)7-4-2-1-3-5-7/h1-5,8-12,14-18H,6H2/t8-,9-,10+,11-,12?/m1/s1. The van der Waals surface area contributed by atoms with E-state index in [2.05, 4.69) is 0 Å². The lowest BCUT2D eigenvalue weighted by molar-refractivity contribution is -0.240. The number of aliphatic hydroxyl groups is 4. The highest BCUT2D eigenvalue weighted by Gasteiger charge is 2.45. The molecule has 1 unspecified atom stereocenters. The minimum Gasteiger partial charge on any atom is -0.394 e. The molecule has 106 valence electrons. The van der Waals surface area contributed by atoms with Crippen molar-refractivity contribution in [2.45, 2.75) is 30.6 Å². The zero-order valence-corrected chi connectivity index (χ0v) is 10.1. The van der Waals surface area contributed by atoms with Crippen LogP contribution in [0.2, 0.25) is 0 Å². The number of aliphatic hydroxyl groups excluding tert-OH is 4. The van der Waals surface area contributed by atoms with Crippen LogP contribution < -0.4 is 5.06 Å². The van der Waals surface area contributed by atoms with E-state index in [4.69, 9.17) is 9.84 Å². The summed E-state index contributed by atoms with van der Waals surface area (Å²) < 4.78 is 5.21. The van der Waals surface area contributed by atoms with E-state index in [1.165, 1.54) is 0 Å². The van der Waals surface area contributed by atoms with E-state index in [-0.39, 0.29) is 0 Å². The molecule has 7 heteroatoms. The van der Waals surface area contributed by atoms with E-state index in [1.807, 2.05) is 0 Å². The first kappa shape index (κ1) is 14.2. The van der Waals surface area contributed by atoms with Crippen molar-refractivity contribution in [2.75, 3.05) is 11.7 Å². The highest BCUT2D eigenvalue weighted by Crippen LogP contribution is 2.26. The van der Waals surface area contributed by atoms with Crippen LogP contribution in [-0.4, -0.2) is 62.9 Å². The van der Waals surface area contributed by atoms with Crippen LogP contribution in [0.3, 0.4) is 0 Å². The van der Waals surface area contributed by atoms with Gasteiger partial charge in [0.05, 0.1) is 12.3 Å². The van der Waals surface area contributed by atoms with Gasteiger partial charge in [-0.05, 0) is 12.1 Å². The number of rotatable bonds is 3. The second kappa shape index (κ2) is 5.83. The maximum atomic E-state index is 10.0. The Hall–Kier alpha value is -1.22. The van der Waals surface area contributed by atoms with Crippen LogP contribution >= 0.6 is 0 Å². The van der Waals surface area contributed by atoms with Crippen LogP contribution in [0.1, 0.15) is 0 Å². The molecule has 7 nitrogen and oxygen atoms in total. The third kappa shape index (κ3) is 2.71. The topological polar surface area (TPSA) is 114 Å². The number of hydrogen-bond acceptors (Lipinski definition) is 7. The third-order valence-electron chi connectivity index (χ3n) is 3.13. The fraction of sp³-hybridized carbons (Fsp3) is 0.500. The molecule has 1 aliphatic rings. The van der Waals surface area contributed by atoms with Crippen LogP contribution in [0.15, 0.2) is 30.3 Å².